The molecule has 6 nitrogen and oxygen atoms in total. The summed E-state index contributed by atoms with van der Waals surface area (Å²) in [5, 5.41) is 30.3. The fourth-order valence-electron chi connectivity index (χ4n) is 3.64. The lowest BCUT2D eigenvalue weighted by Gasteiger charge is -2.41. The molecule has 2 heterocycles. The van der Waals surface area contributed by atoms with Crippen LogP contribution in [0.25, 0.3) is 22.4 Å². The SMILES string of the molecule is Cc1cc(-c2nc3ccc(C(C)(C)O)cc3n2C2(C)COC2)c(F)c(O)c1O. The molecule has 148 valence electrons. The lowest BCUT2D eigenvalue weighted by atomic mass is 9.96. The van der Waals surface area contributed by atoms with Crippen molar-refractivity contribution < 1.29 is 24.4 Å². The van der Waals surface area contributed by atoms with Gasteiger partial charge in [0.1, 0.15) is 5.82 Å². The summed E-state index contributed by atoms with van der Waals surface area (Å²) in [4.78, 5) is 4.62. The van der Waals surface area contributed by atoms with E-state index in [9.17, 15) is 19.7 Å². The zero-order valence-electron chi connectivity index (χ0n) is 16.2. The van der Waals surface area contributed by atoms with E-state index in [2.05, 4.69) is 4.98 Å². The number of imidazole rings is 1. The first kappa shape index (κ1) is 18.7. The number of hydrogen-bond acceptors (Lipinski definition) is 5. The number of benzene rings is 2. The molecule has 0 bridgehead atoms. The number of aliphatic hydroxyl groups is 1. The Hall–Kier alpha value is -2.64. The molecule has 7 heteroatoms. The maximum atomic E-state index is 14.9. The van der Waals surface area contributed by atoms with Crippen molar-refractivity contribution in [3.05, 3.63) is 41.2 Å². The summed E-state index contributed by atoms with van der Waals surface area (Å²) < 4.78 is 22.2. The van der Waals surface area contributed by atoms with Crippen LogP contribution >= 0.6 is 0 Å². The van der Waals surface area contributed by atoms with Gasteiger partial charge in [-0.1, -0.05) is 6.07 Å². The Morgan fingerprint density at radius 2 is 1.86 bits per heavy atom. The Balaban J connectivity index is 2.06. The van der Waals surface area contributed by atoms with Crippen molar-refractivity contribution in [2.75, 3.05) is 13.2 Å². The molecule has 4 rings (SSSR count). The Morgan fingerprint density at radius 1 is 1.18 bits per heavy atom. The first-order chi connectivity index (χ1) is 13.0. The van der Waals surface area contributed by atoms with Crippen LogP contribution in [0.2, 0.25) is 0 Å². The lowest BCUT2D eigenvalue weighted by molar-refractivity contribution is -0.0868. The van der Waals surface area contributed by atoms with Crippen LogP contribution in [0.1, 0.15) is 31.9 Å². The first-order valence-corrected chi connectivity index (χ1v) is 9.08. The highest BCUT2D eigenvalue weighted by molar-refractivity contribution is 5.83. The number of aromatic hydroxyl groups is 2. The van der Waals surface area contributed by atoms with Gasteiger partial charge >= 0.3 is 0 Å². The number of phenols is 2. The normalized spacial score (nSPS) is 16.4. The predicted octanol–water partition coefficient (Wildman–Crippen LogP) is 3.53. The molecule has 1 aliphatic rings. The summed E-state index contributed by atoms with van der Waals surface area (Å²) >= 11 is 0. The fourth-order valence-corrected chi connectivity index (χ4v) is 3.64. The van der Waals surface area contributed by atoms with E-state index in [0.717, 1.165) is 5.52 Å². The molecule has 0 radical (unpaired) electrons. The average Bonchev–Trinajstić information content (AvgIpc) is 2.99. The number of aromatic nitrogens is 2. The number of phenolic OH excluding ortho intramolecular Hbond substituents is 2. The average molecular weight is 386 g/mol. The molecule has 3 N–H and O–H groups in total. The molecule has 28 heavy (non-hydrogen) atoms. The second-order valence-corrected chi connectivity index (χ2v) is 8.28. The van der Waals surface area contributed by atoms with Gasteiger partial charge in [0.15, 0.2) is 17.3 Å². The van der Waals surface area contributed by atoms with Crippen molar-refractivity contribution in [1.29, 1.82) is 0 Å². The molecule has 0 amide bonds. The first-order valence-electron chi connectivity index (χ1n) is 9.08. The smallest absolute Gasteiger partial charge is 0.195 e. The molecule has 0 aliphatic carbocycles. The van der Waals surface area contributed by atoms with Crippen LogP contribution in [0.5, 0.6) is 11.5 Å². The number of halogens is 1. The minimum absolute atomic E-state index is 0.0990. The van der Waals surface area contributed by atoms with Crippen molar-refractivity contribution in [2.45, 2.75) is 38.8 Å². The molecule has 1 aromatic heterocycles. The number of hydrogen-bond donors (Lipinski definition) is 3. The summed E-state index contributed by atoms with van der Waals surface area (Å²) in [5.41, 5.74) is 1.05. The molecule has 0 unspecified atom stereocenters. The lowest BCUT2D eigenvalue weighted by Crippen LogP contribution is -2.49. The minimum Gasteiger partial charge on any atom is -0.504 e. The summed E-state index contributed by atoms with van der Waals surface area (Å²) in [5.74, 6) is -1.86. The Labute approximate surface area is 161 Å². The van der Waals surface area contributed by atoms with Gasteiger partial charge in [-0.15, -0.1) is 0 Å². The summed E-state index contributed by atoms with van der Waals surface area (Å²) in [6, 6.07) is 6.90. The van der Waals surface area contributed by atoms with Crippen LogP contribution in [-0.4, -0.2) is 38.1 Å². The molecular weight excluding hydrogens is 363 g/mol. The summed E-state index contributed by atoms with van der Waals surface area (Å²) in [6.07, 6.45) is 0. The Morgan fingerprint density at radius 3 is 2.43 bits per heavy atom. The molecule has 1 saturated heterocycles. The van der Waals surface area contributed by atoms with Gasteiger partial charge in [0.05, 0.1) is 41.0 Å². The monoisotopic (exact) mass is 386 g/mol. The molecule has 0 saturated carbocycles. The van der Waals surface area contributed by atoms with Gasteiger partial charge in [-0.25, -0.2) is 9.37 Å². The molecule has 1 aliphatic heterocycles. The van der Waals surface area contributed by atoms with E-state index >= 15 is 0 Å². The van der Waals surface area contributed by atoms with Crippen LogP contribution in [0.3, 0.4) is 0 Å². The third-order valence-corrected chi connectivity index (χ3v) is 5.37. The van der Waals surface area contributed by atoms with Gasteiger partial charge in [0.2, 0.25) is 0 Å². The largest absolute Gasteiger partial charge is 0.504 e. The van der Waals surface area contributed by atoms with Crippen LogP contribution in [0.4, 0.5) is 4.39 Å². The number of nitrogens with zero attached hydrogens (tertiary/aromatic N) is 2. The quantitative estimate of drug-likeness (QED) is 0.600. The van der Waals surface area contributed by atoms with Crippen molar-refractivity contribution in [1.82, 2.24) is 9.55 Å². The number of aryl methyl sites for hydroxylation is 1. The number of ether oxygens (including phenoxy) is 1. The van der Waals surface area contributed by atoms with Crippen LogP contribution in [0, 0.1) is 12.7 Å². The van der Waals surface area contributed by atoms with Crippen molar-refractivity contribution >= 4 is 11.0 Å². The van der Waals surface area contributed by atoms with E-state index in [-0.39, 0.29) is 5.56 Å². The van der Waals surface area contributed by atoms with E-state index in [0.29, 0.717) is 35.7 Å². The third-order valence-electron chi connectivity index (χ3n) is 5.37. The maximum absolute atomic E-state index is 14.9. The Bertz CT molecular complexity index is 1090. The van der Waals surface area contributed by atoms with Crippen LogP contribution in [0.15, 0.2) is 24.3 Å². The van der Waals surface area contributed by atoms with E-state index in [4.69, 9.17) is 4.74 Å². The highest BCUT2D eigenvalue weighted by Gasteiger charge is 2.39. The second kappa shape index (κ2) is 5.93. The van der Waals surface area contributed by atoms with Gasteiger partial charge in [-0.2, -0.15) is 0 Å². The van der Waals surface area contributed by atoms with Crippen molar-refractivity contribution in [2.24, 2.45) is 0 Å². The van der Waals surface area contributed by atoms with Gasteiger partial charge in [0, 0.05) is 0 Å². The fraction of sp³-hybridized carbons (Fsp3) is 0.381. The van der Waals surface area contributed by atoms with Gasteiger partial charge in [-0.05, 0) is 57.0 Å². The minimum atomic E-state index is -1.04. The van der Waals surface area contributed by atoms with E-state index in [1.807, 2.05) is 17.6 Å². The van der Waals surface area contributed by atoms with Gasteiger partial charge < -0.3 is 24.6 Å². The third kappa shape index (κ3) is 2.65. The van der Waals surface area contributed by atoms with E-state index < -0.39 is 28.5 Å². The number of fused-ring (bicyclic) bond motifs is 1. The molecule has 0 atom stereocenters. The summed E-state index contributed by atoms with van der Waals surface area (Å²) in [7, 11) is 0. The summed E-state index contributed by atoms with van der Waals surface area (Å²) in [6.45, 7) is 7.84. The predicted molar refractivity (Wildman–Crippen MR) is 103 cm³/mol. The highest BCUT2D eigenvalue weighted by Crippen LogP contribution is 2.42. The zero-order valence-corrected chi connectivity index (χ0v) is 16.2. The maximum Gasteiger partial charge on any atom is 0.195 e. The van der Waals surface area contributed by atoms with Crippen molar-refractivity contribution in [3.8, 4) is 22.9 Å². The topological polar surface area (TPSA) is 87.7 Å². The van der Waals surface area contributed by atoms with E-state index in [1.165, 1.54) is 6.07 Å². The van der Waals surface area contributed by atoms with Gasteiger partial charge in [0.25, 0.3) is 0 Å². The highest BCUT2D eigenvalue weighted by atomic mass is 19.1. The van der Waals surface area contributed by atoms with Crippen LogP contribution in [-0.2, 0) is 15.9 Å². The zero-order chi connectivity index (χ0) is 20.4. The van der Waals surface area contributed by atoms with Gasteiger partial charge in [-0.3, -0.25) is 0 Å². The van der Waals surface area contributed by atoms with Crippen molar-refractivity contribution in [3.63, 3.8) is 0 Å². The van der Waals surface area contributed by atoms with E-state index in [1.54, 1.807) is 32.9 Å². The van der Waals surface area contributed by atoms with Crippen LogP contribution < -0.4 is 0 Å². The molecule has 0 spiro atoms. The molecule has 3 aromatic rings. The second-order valence-electron chi connectivity index (χ2n) is 8.28. The Kier molecular flexibility index (Phi) is 3.96. The molecular formula is C21H23FN2O4. The molecule has 1 fully saturated rings. The number of rotatable bonds is 3. The standard InChI is InChI=1S/C21H23FN2O4/c1-11-7-13(16(22)18(26)17(11)25)19-23-14-6-5-12(20(2,3)27)8-15(14)24(19)21(4)9-28-10-21/h5-8,25-27H,9-10H2,1-4H3. The molecule has 2 aromatic carbocycles.